The summed E-state index contributed by atoms with van der Waals surface area (Å²) in [6.45, 7) is 5.32. The number of halogens is 1. The Labute approximate surface area is 208 Å². The van der Waals surface area contributed by atoms with Crippen LogP contribution in [0.2, 0.25) is 5.02 Å². The molecule has 0 unspecified atom stereocenters. The van der Waals surface area contributed by atoms with E-state index in [0.29, 0.717) is 34.2 Å². The highest BCUT2D eigenvalue weighted by atomic mass is 35.5. The highest BCUT2D eigenvalue weighted by Gasteiger charge is 2.30. The second-order valence-electron chi connectivity index (χ2n) is 8.79. The molecule has 0 bridgehead atoms. The van der Waals surface area contributed by atoms with Crippen LogP contribution in [0.15, 0.2) is 66.7 Å². The minimum atomic E-state index is -1.41. The van der Waals surface area contributed by atoms with Crippen molar-refractivity contribution >= 4 is 34.3 Å². The van der Waals surface area contributed by atoms with Gasteiger partial charge >= 0.3 is 5.97 Å². The van der Waals surface area contributed by atoms with E-state index in [1.807, 2.05) is 35.8 Å². The Bertz CT molecular complexity index is 1420. The number of methoxy groups -OCH3 is 1. The van der Waals surface area contributed by atoms with Gasteiger partial charge in [0.15, 0.2) is 11.4 Å². The summed E-state index contributed by atoms with van der Waals surface area (Å²) in [5.74, 6) is -0.128. The van der Waals surface area contributed by atoms with Crippen molar-refractivity contribution in [1.29, 1.82) is 0 Å². The zero-order valence-corrected chi connectivity index (χ0v) is 20.7. The number of aromatic nitrogens is 1. The summed E-state index contributed by atoms with van der Waals surface area (Å²) in [6, 6.07) is 19.8. The molecule has 1 N–H and O–H groups in total. The summed E-state index contributed by atoms with van der Waals surface area (Å²) >= 11 is 6.44. The fraction of sp³-hybridized carbons (Fsp3) is 0.214. The normalized spacial score (nSPS) is 11.5. The highest BCUT2D eigenvalue weighted by Crippen LogP contribution is 2.33. The van der Waals surface area contributed by atoms with Crippen LogP contribution < -0.4 is 9.47 Å². The topological polar surface area (TPSA) is 77.8 Å². The fourth-order valence-electron chi connectivity index (χ4n) is 4.03. The van der Waals surface area contributed by atoms with Crippen LogP contribution in [0.25, 0.3) is 10.9 Å². The summed E-state index contributed by atoms with van der Waals surface area (Å²) in [7, 11) is 1.58. The van der Waals surface area contributed by atoms with Crippen molar-refractivity contribution < 1.29 is 24.2 Å². The number of nitrogens with zero attached hydrogens (tertiary/aromatic N) is 1. The lowest BCUT2D eigenvalue weighted by Crippen LogP contribution is -2.37. The van der Waals surface area contributed by atoms with Crippen molar-refractivity contribution in [2.24, 2.45) is 0 Å². The summed E-state index contributed by atoms with van der Waals surface area (Å²) in [6.07, 6.45) is 0. The van der Waals surface area contributed by atoms with Gasteiger partial charge in [0, 0.05) is 34.3 Å². The molecule has 7 heteroatoms. The van der Waals surface area contributed by atoms with E-state index in [4.69, 9.17) is 21.1 Å². The molecule has 180 valence electrons. The number of fused-ring (bicyclic) bond motifs is 1. The van der Waals surface area contributed by atoms with Crippen LogP contribution in [-0.2, 0) is 11.3 Å². The maximum Gasteiger partial charge on any atom is 0.347 e. The summed E-state index contributed by atoms with van der Waals surface area (Å²) in [5.41, 5.74) is 2.12. The molecule has 1 heterocycles. The van der Waals surface area contributed by atoms with E-state index >= 15 is 0 Å². The molecular weight excluding hydrogens is 466 g/mol. The van der Waals surface area contributed by atoms with Gasteiger partial charge < -0.3 is 19.1 Å². The van der Waals surface area contributed by atoms with Gasteiger partial charge in [0.25, 0.3) is 0 Å². The Balaban J connectivity index is 1.87. The van der Waals surface area contributed by atoms with Crippen LogP contribution in [0, 0.1) is 6.92 Å². The number of hydrogen-bond acceptors (Lipinski definition) is 4. The first-order chi connectivity index (χ1) is 16.6. The van der Waals surface area contributed by atoms with Crippen LogP contribution in [0.3, 0.4) is 0 Å². The SMILES string of the molecule is COc1ccc(C(=O)c2c(C)n(Cc3ccccc3Cl)c3cc(OC(C)(C)C(=O)O)ccc23)cc1. The number of carbonyl (C=O) groups excluding carboxylic acids is 1. The maximum atomic E-state index is 13.6. The minimum absolute atomic E-state index is 0.118. The predicted molar refractivity (Wildman–Crippen MR) is 136 cm³/mol. The maximum absolute atomic E-state index is 13.6. The lowest BCUT2D eigenvalue weighted by molar-refractivity contribution is -0.152. The number of aliphatic carboxylic acids is 1. The molecule has 0 amide bonds. The third-order valence-electron chi connectivity index (χ3n) is 6.05. The second kappa shape index (κ2) is 9.47. The summed E-state index contributed by atoms with van der Waals surface area (Å²) in [4.78, 5) is 25.2. The van der Waals surface area contributed by atoms with Crippen LogP contribution in [0.5, 0.6) is 11.5 Å². The first-order valence-electron chi connectivity index (χ1n) is 11.1. The van der Waals surface area contributed by atoms with Gasteiger partial charge in [-0.05, 0) is 68.8 Å². The molecule has 4 rings (SSSR count). The van der Waals surface area contributed by atoms with Crippen molar-refractivity contribution in [2.45, 2.75) is 32.9 Å². The van der Waals surface area contributed by atoms with Crippen molar-refractivity contribution in [3.8, 4) is 11.5 Å². The molecule has 35 heavy (non-hydrogen) atoms. The van der Waals surface area contributed by atoms with Crippen molar-refractivity contribution in [2.75, 3.05) is 7.11 Å². The Morgan fingerprint density at radius 3 is 2.29 bits per heavy atom. The molecule has 0 fully saturated rings. The molecule has 0 atom stereocenters. The molecule has 0 radical (unpaired) electrons. The standard InChI is InChI=1S/C28H26ClNO5/c1-17-25(26(31)18-9-11-20(34-4)12-10-18)22-14-13-21(35-28(2,3)27(32)33)15-24(22)30(17)16-19-7-5-6-8-23(19)29/h5-15H,16H2,1-4H3,(H,32,33). The Kier molecular flexibility index (Phi) is 6.59. The highest BCUT2D eigenvalue weighted by molar-refractivity contribution is 6.31. The zero-order chi connectivity index (χ0) is 25.3. The van der Waals surface area contributed by atoms with Gasteiger partial charge in [-0.3, -0.25) is 4.79 Å². The molecule has 0 saturated heterocycles. The van der Waals surface area contributed by atoms with E-state index < -0.39 is 11.6 Å². The first-order valence-corrected chi connectivity index (χ1v) is 11.5. The number of rotatable bonds is 8. The van der Waals surface area contributed by atoms with Crippen molar-refractivity contribution in [1.82, 2.24) is 4.57 Å². The minimum Gasteiger partial charge on any atom is -0.497 e. The second-order valence-corrected chi connectivity index (χ2v) is 9.20. The average Bonchev–Trinajstić information content (AvgIpc) is 3.10. The Hall–Kier alpha value is -3.77. The van der Waals surface area contributed by atoms with E-state index in [1.54, 1.807) is 49.6 Å². The van der Waals surface area contributed by atoms with Crippen LogP contribution in [-0.4, -0.2) is 34.1 Å². The lowest BCUT2D eigenvalue weighted by atomic mass is 10.0. The smallest absolute Gasteiger partial charge is 0.347 e. The first kappa shape index (κ1) is 24.4. The number of ketones is 1. The van der Waals surface area contributed by atoms with Gasteiger partial charge in [0.1, 0.15) is 11.5 Å². The quantitative estimate of drug-likeness (QED) is 0.300. The van der Waals surface area contributed by atoms with Gasteiger partial charge in [0.05, 0.1) is 18.2 Å². The van der Waals surface area contributed by atoms with Gasteiger partial charge in [-0.15, -0.1) is 0 Å². The van der Waals surface area contributed by atoms with Crippen LogP contribution >= 0.6 is 11.6 Å². The molecule has 3 aromatic carbocycles. The van der Waals surface area contributed by atoms with Crippen LogP contribution in [0.1, 0.15) is 41.0 Å². The van der Waals surface area contributed by atoms with Gasteiger partial charge in [-0.25, -0.2) is 4.79 Å². The zero-order valence-electron chi connectivity index (χ0n) is 20.0. The van der Waals surface area contributed by atoms with Gasteiger partial charge in [0.2, 0.25) is 0 Å². The molecular formula is C28H26ClNO5. The number of carboxylic acid groups (broad SMARTS) is 1. The fourth-order valence-corrected chi connectivity index (χ4v) is 4.23. The monoisotopic (exact) mass is 491 g/mol. The number of hydrogen-bond donors (Lipinski definition) is 1. The molecule has 0 aliphatic heterocycles. The van der Waals surface area contributed by atoms with Gasteiger partial charge in [-0.2, -0.15) is 0 Å². The third kappa shape index (κ3) is 4.75. The molecule has 4 aromatic rings. The largest absolute Gasteiger partial charge is 0.497 e. The molecule has 1 aromatic heterocycles. The average molecular weight is 492 g/mol. The lowest BCUT2D eigenvalue weighted by Gasteiger charge is -2.21. The molecule has 0 spiro atoms. The number of benzene rings is 3. The Morgan fingerprint density at radius 1 is 1.00 bits per heavy atom. The molecule has 0 aliphatic rings. The number of carboxylic acids is 1. The van der Waals surface area contributed by atoms with E-state index in [-0.39, 0.29) is 5.78 Å². The predicted octanol–water partition coefficient (Wildman–Crippen LogP) is 6.13. The Morgan fingerprint density at radius 2 is 1.66 bits per heavy atom. The molecule has 0 saturated carbocycles. The molecule has 0 aliphatic carbocycles. The number of carbonyl (C=O) groups is 2. The summed E-state index contributed by atoms with van der Waals surface area (Å²) in [5, 5.41) is 10.8. The van der Waals surface area contributed by atoms with Gasteiger partial charge in [-0.1, -0.05) is 29.8 Å². The van der Waals surface area contributed by atoms with Crippen molar-refractivity contribution in [3.05, 3.63) is 94.1 Å². The number of ether oxygens (including phenoxy) is 2. The van der Waals surface area contributed by atoms with E-state index in [2.05, 4.69) is 0 Å². The van der Waals surface area contributed by atoms with E-state index in [0.717, 1.165) is 22.2 Å². The summed E-state index contributed by atoms with van der Waals surface area (Å²) < 4.78 is 13.0. The van der Waals surface area contributed by atoms with Crippen molar-refractivity contribution in [3.63, 3.8) is 0 Å². The molecule has 6 nitrogen and oxygen atoms in total. The van der Waals surface area contributed by atoms with E-state index in [1.165, 1.54) is 13.8 Å². The van der Waals surface area contributed by atoms with E-state index in [9.17, 15) is 14.7 Å². The van der Waals surface area contributed by atoms with Crippen LogP contribution in [0.4, 0.5) is 0 Å². The third-order valence-corrected chi connectivity index (χ3v) is 6.42.